The summed E-state index contributed by atoms with van der Waals surface area (Å²) >= 11 is 0. The quantitative estimate of drug-likeness (QED) is 0.807. The van der Waals surface area contributed by atoms with Crippen LogP contribution < -0.4 is 9.57 Å². The number of ether oxygens (including phenoxy) is 1. The van der Waals surface area contributed by atoms with Crippen molar-refractivity contribution in [1.29, 1.82) is 0 Å². The van der Waals surface area contributed by atoms with E-state index in [1.165, 1.54) is 5.56 Å². The molecular weight excluding hydrogens is 348 g/mol. The van der Waals surface area contributed by atoms with E-state index in [-0.39, 0.29) is 4.90 Å². The summed E-state index contributed by atoms with van der Waals surface area (Å²) in [5.41, 5.74) is 3.22. The zero-order chi connectivity index (χ0) is 18.6. The van der Waals surface area contributed by atoms with Crippen molar-refractivity contribution < 1.29 is 13.2 Å². The Labute approximate surface area is 155 Å². The fourth-order valence-electron chi connectivity index (χ4n) is 3.17. The van der Waals surface area contributed by atoms with E-state index < -0.39 is 10.0 Å². The SMILES string of the molecule is COc1ccc(C2CCC(=NNS(=O)(=O)c3ccc(C)cc3)CC2)cc1. The molecule has 0 aliphatic heterocycles. The molecule has 1 aliphatic rings. The van der Waals surface area contributed by atoms with Crippen LogP contribution in [0.3, 0.4) is 0 Å². The third-order valence-electron chi connectivity index (χ3n) is 4.81. The minimum absolute atomic E-state index is 0.236. The second kappa shape index (κ2) is 7.91. The van der Waals surface area contributed by atoms with Gasteiger partial charge in [0.2, 0.25) is 0 Å². The fourth-order valence-corrected chi connectivity index (χ4v) is 4.02. The number of nitrogens with zero attached hydrogens (tertiary/aromatic N) is 1. The van der Waals surface area contributed by atoms with Crippen LogP contribution in [0, 0.1) is 6.92 Å². The maximum Gasteiger partial charge on any atom is 0.276 e. The van der Waals surface area contributed by atoms with Crippen molar-refractivity contribution >= 4 is 15.7 Å². The summed E-state index contributed by atoms with van der Waals surface area (Å²) in [7, 11) is -1.94. The van der Waals surface area contributed by atoms with E-state index in [0.29, 0.717) is 5.92 Å². The minimum atomic E-state index is -3.60. The molecule has 0 spiro atoms. The molecule has 1 aliphatic carbocycles. The van der Waals surface area contributed by atoms with Crippen molar-refractivity contribution in [3.8, 4) is 5.75 Å². The van der Waals surface area contributed by atoms with E-state index in [0.717, 1.165) is 42.7 Å². The largest absolute Gasteiger partial charge is 0.497 e. The van der Waals surface area contributed by atoms with Crippen LogP contribution in [-0.4, -0.2) is 21.2 Å². The van der Waals surface area contributed by atoms with Gasteiger partial charge >= 0.3 is 0 Å². The minimum Gasteiger partial charge on any atom is -0.497 e. The van der Waals surface area contributed by atoms with E-state index in [1.807, 2.05) is 19.1 Å². The average molecular weight is 372 g/mol. The number of nitrogens with one attached hydrogen (secondary N) is 1. The Morgan fingerprint density at radius 3 is 2.19 bits per heavy atom. The lowest BCUT2D eigenvalue weighted by Crippen LogP contribution is -2.22. The van der Waals surface area contributed by atoms with Crippen LogP contribution in [0.4, 0.5) is 0 Å². The first-order valence-electron chi connectivity index (χ1n) is 8.76. The van der Waals surface area contributed by atoms with E-state index >= 15 is 0 Å². The molecular formula is C20H24N2O3S. The van der Waals surface area contributed by atoms with E-state index in [1.54, 1.807) is 31.4 Å². The van der Waals surface area contributed by atoms with Crippen molar-refractivity contribution in [3.63, 3.8) is 0 Å². The topological polar surface area (TPSA) is 67.8 Å². The van der Waals surface area contributed by atoms with E-state index in [9.17, 15) is 8.42 Å². The van der Waals surface area contributed by atoms with Gasteiger partial charge in [-0.25, -0.2) is 4.83 Å². The third kappa shape index (κ3) is 4.43. The lowest BCUT2D eigenvalue weighted by atomic mass is 9.83. The number of methoxy groups -OCH3 is 1. The summed E-state index contributed by atoms with van der Waals surface area (Å²) < 4.78 is 29.8. The molecule has 0 atom stereocenters. The molecule has 26 heavy (non-hydrogen) atoms. The molecule has 0 unspecified atom stereocenters. The van der Waals surface area contributed by atoms with Gasteiger partial charge in [0.15, 0.2) is 0 Å². The highest BCUT2D eigenvalue weighted by molar-refractivity contribution is 7.89. The first-order valence-corrected chi connectivity index (χ1v) is 10.2. The number of hydrazone groups is 1. The van der Waals surface area contributed by atoms with Gasteiger partial charge in [-0.05, 0) is 68.4 Å². The average Bonchev–Trinajstić information content (AvgIpc) is 2.67. The van der Waals surface area contributed by atoms with Crippen LogP contribution in [0.25, 0.3) is 0 Å². The summed E-state index contributed by atoms with van der Waals surface area (Å²) in [6.45, 7) is 1.92. The molecule has 0 heterocycles. The predicted octanol–water partition coefficient (Wildman–Crippen LogP) is 4.00. The zero-order valence-corrected chi connectivity index (χ0v) is 15.9. The first-order chi connectivity index (χ1) is 12.5. The normalized spacial score (nSPS) is 17.6. The van der Waals surface area contributed by atoms with Crippen LogP contribution in [0.5, 0.6) is 5.75 Å². The molecule has 0 radical (unpaired) electrons. The fraction of sp³-hybridized carbons (Fsp3) is 0.350. The molecule has 1 saturated carbocycles. The first kappa shape index (κ1) is 18.5. The second-order valence-electron chi connectivity index (χ2n) is 6.63. The summed E-state index contributed by atoms with van der Waals surface area (Å²) in [6, 6.07) is 14.9. The lowest BCUT2D eigenvalue weighted by Gasteiger charge is -2.23. The summed E-state index contributed by atoms with van der Waals surface area (Å²) in [5, 5.41) is 4.17. The number of hydrogen-bond donors (Lipinski definition) is 1. The lowest BCUT2D eigenvalue weighted by molar-refractivity contribution is 0.414. The number of sulfonamides is 1. The third-order valence-corrected chi connectivity index (χ3v) is 6.03. The van der Waals surface area contributed by atoms with Crippen LogP contribution >= 0.6 is 0 Å². The van der Waals surface area contributed by atoms with Crippen LogP contribution in [-0.2, 0) is 10.0 Å². The molecule has 0 amide bonds. The maximum absolute atomic E-state index is 12.3. The van der Waals surface area contributed by atoms with Gasteiger partial charge in [0.1, 0.15) is 5.75 Å². The highest BCUT2D eigenvalue weighted by Crippen LogP contribution is 2.32. The molecule has 0 saturated heterocycles. The molecule has 0 aromatic heterocycles. The molecule has 138 valence electrons. The van der Waals surface area contributed by atoms with Gasteiger partial charge in [-0.3, -0.25) is 0 Å². The van der Waals surface area contributed by atoms with Crippen LogP contribution in [0.2, 0.25) is 0 Å². The van der Waals surface area contributed by atoms with Gasteiger partial charge in [-0.15, -0.1) is 0 Å². The van der Waals surface area contributed by atoms with Gasteiger partial charge in [-0.2, -0.15) is 13.5 Å². The molecule has 2 aromatic rings. The molecule has 2 aromatic carbocycles. The molecule has 3 rings (SSSR count). The van der Waals surface area contributed by atoms with Crippen LogP contribution in [0.1, 0.15) is 42.7 Å². The number of rotatable bonds is 5. The zero-order valence-electron chi connectivity index (χ0n) is 15.1. The summed E-state index contributed by atoms with van der Waals surface area (Å²) in [5.74, 6) is 1.34. The van der Waals surface area contributed by atoms with Gasteiger partial charge in [0.05, 0.1) is 12.0 Å². The van der Waals surface area contributed by atoms with Crippen molar-refractivity contribution in [3.05, 3.63) is 59.7 Å². The Hall–Kier alpha value is -2.34. The molecule has 0 bridgehead atoms. The summed E-state index contributed by atoms with van der Waals surface area (Å²) in [4.78, 5) is 2.61. The Bertz CT molecular complexity index is 862. The molecule has 6 heteroatoms. The highest BCUT2D eigenvalue weighted by atomic mass is 32.2. The van der Waals surface area contributed by atoms with Gasteiger partial charge in [0, 0.05) is 5.71 Å². The standard InChI is InChI=1S/C20H24N2O3S/c1-15-3-13-20(14-4-15)26(23,24)22-21-18-9-5-16(6-10-18)17-7-11-19(25-2)12-8-17/h3-4,7-8,11-14,16,22H,5-6,9-10H2,1-2H3. The Morgan fingerprint density at radius 2 is 1.62 bits per heavy atom. The predicted molar refractivity (Wildman–Crippen MR) is 103 cm³/mol. The Kier molecular flexibility index (Phi) is 5.61. The van der Waals surface area contributed by atoms with E-state index in [2.05, 4.69) is 22.1 Å². The number of aryl methyl sites for hydroxylation is 1. The Morgan fingerprint density at radius 1 is 1.00 bits per heavy atom. The van der Waals surface area contributed by atoms with Crippen molar-refractivity contribution in [2.75, 3.05) is 7.11 Å². The number of hydrogen-bond acceptors (Lipinski definition) is 4. The Balaban J connectivity index is 1.59. The van der Waals surface area contributed by atoms with Gasteiger partial charge in [-0.1, -0.05) is 29.8 Å². The highest BCUT2D eigenvalue weighted by Gasteiger charge is 2.20. The van der Waals surface area contributed by atoms with Crippen LogP contribution in [0.15, 0.2) is 58.5 Å². The van der Waals surface area contributed by atoms with Gasteiger partial charge in [0.25, 0.3) is 10.0 Å². The number of benzene rings is 2. The molecule has 5 nitrogen and oxygen atoms in total. The van der Waals surface area contributed by atoms with E-state index in [4.69, 9.17) is 4.74 Å². The molecule has 1 fully saturated rings. The van der Waals surface area contributed by atoms with Gasteiger partial charge < -0.3 is 4.74 Å². The van der Waals surface area contributed by atoms with Crippen molar-refractivity contribution in [2.24, 2.45) is 5.10 Å². The monoisotopic (exact) mass is 372 g/mol. The second-order valence-corrected chi connectivity index (χ2v) is 8.29. The van der Waals surface area contributed by atoms with Crippen molar-refractivity contribution in [1.82, 2.24) is 4.83 Å². The maximum atomic E-state index is 12.3. The smallest absolute Gasteiger partial charge is 0.276 e. The van der Waals surface area contributed by atoms with Crippen molar-refractivity contribution in [2.45, 2.75) is 43.4 Å². The summed E-state index contributed by atoms with van der Waals surface area (Å²) in [6.07, 6.45) is 3.54. The molecule has 1 N–H and O–H groups in total.